The van der Waals surface area contributed by atoms with Gasteiger partial charge in [0.2, 0.25) is 0 Å². The average molecular weight is 463 g/mol. The Morgan fingerprint density at radius 2 is 1.67 bits per heavy atom. The molecule has 10 heteroatoms. The zero-order chi connectivity index (χ0) is 20.0. The molecule has 1 heterocycles. The van der Waals surface area contributed by atoms with E-state index in [-0.39, 0.29) is 15.7 Å². The first-order valence-corrected chi connectivity index (χ1v) is 9.93. The summed E-state index contributed by atoms with van der Waals surface area (Å²) in [5.74, 6) is 0. The zero-order valence-electron chi connectivity index (χ0n) is 13.9. The van der Waals surface area contributed by atoms with E-state index in [1.807, 2.05) is 0 Å². The quantitative estimate of drug-likeness (QED) is 0.753. The molecule has 0 saturated heterocycles. The van der Waals surface area contributed by atoms with E-state index in [0.717, 1.165) is 5.56 Å². The molecule has 0 bridgehead atoms. The number of aliphatic hydroxyl groups is 1. The molecule has 1 aliphatic heterocycles. The Kier molecular flexibility index (Phi) is 4.86. The van der Waals surface area contributed by atoms with Gasteiger partial charge in [0.25, 0.3) is 15.7 Å². The van der Waals surface area contributed by atoms with Gasteiger partial charge in [-0.2, -0.15) is 26.7 Å². The van der Waals surface area contributed by atoms with Gasteiger partial charge in [0.15, 0.2) is 0 Å². The van der Waals surface area contributed by atoms with Gasteiger partial charge in [-0.15, -0.1) is 4.41 Å². The fourth-order valence-corrected chi connectivity index (χ4v) is 4.32. The molecule has 0 aromatic heterocycles. The molecule has 2 aromatic rings. The molecule has 144 valence electrons. The summed E-state index contributed by atoms with van der Waals surface area (Å²) in [6.45, 7) is 1.71. The molecule has 2 aromatic carbocycles. The van der Waals surface area contributed by atoms with Crippen molar-refractivity contribution in [1.82, 2.24) is 4.41 Å². The van der Waals surface area contributed by atoms with Gasteiger partial charge in [-0.25, -0.2) is 0 Å². The van der Waals surface area contributed by atoms with Crippen molar-refractivity contribution in [3.05, 3.63) is 64.1 Å². The minimum Gasteiger partial charge on any atom is -0.361 e. The van der Waals surface area contributed by atoms with Gasteiger partial charge in [0.05, 0.1) is 17.0 Å². The molecule has 0 spiro atoms. The highest BCUT2D eigenvalue weighted by atomic mass is 79.9. The average Bonchev–Trinajstić information content (AvgIpc) is 2.96. The van der Waals surface area contributed by atoms with Crippen LogP contribution in [-0.4, -0.2) is 35.6 Å². The van der Waals surface area contributed by atoms with E-state index in [9.17, 15) is 26.7 Å². The highest BCUT2D eigenvalue weighted by Gasteiger charge is 2.65. The number of alkyl halides is 3. The van der Waals surface area contributed by atoms with Crippen LogP contribution in [0.15, 0.2) is 63.0 Å². The van der Waals surface area contributed by atoms with Crippen LogP contribution in [0, 0.1) is 6.92 Å². The summed E-state index contributed by atoms with van der Waals surface area (Å²) in [4.78, 5) is -0.392. The molecule has 27 heavy (non-hydrogen) atoms. The number of halogens is 4. The van der Waals surface area contributed by atoms with Crippen LogP contribution >= 0.6 is 15.9 Å². The van der Waals surface area contributed by atoms with Crippen LogP contribution < -0.4 is 0 Å². The standard InChI is InChI=1S/C17H14BrF3N2O3S/c1-11-2-8-14(9-3-11)27(25,26)23-16(24,17(19,20)21)10-15(22-23)12-4-6-13(18)7-5-12/h2-9,24H,10H2,1H3. The maximum absolute atomic E-state index is 13.6. The number of rotatable bonds is 3. The van der Waals surface area contributed by atoms with E-state index in [4.69, 9.17) is 0 Å². The Hall–Kier alpha value is -1.91. The lowest BCUT2D eigenvalue weighted by molar-refractivity contribution is -0.291. The Labute approximate surface area is 162 Å². The van der Waals surface area contributed by atoms with E-state index in [1.165, 1.54) is 36.4 Å². The van der Waals surface area contributed by atoms with Crippen molar-refractivity contribution in [2.24, 2.45) is 5.10 Å². The highest BCUT2D eigenvalue weighted by Crippen LogP contribution is 2.44. The maximum atomic E-state index is 13.6. The van der Waals surface area contributed by atoms with Crippen LogP contribution in [0.3, 0.4) is 0 Å². The molecule has 5 nitrogen and oxygen atoms in total. The Morgan fingerprint density at radius 1 is 1.11 bits per heavy atom. The smallest absolute Gasteiger partial charge is 0.361 e. The van der Waals surface area contributed by atoms with Crippen molar-refractivity contribution >= 4 is 31.7 Å². The Balaban J connectivity index is 2.13. The minimum absolute atomic E-state index is 0.182. The molecule has 0 saturated carbocycles. The third-order valence-corrected chi connectivity index (χ3v) is 6.36. The largest absolute Gasteiger partial charge is 0.439 e. The number of aryl methyl sites for hydroxylation is 1. The van der Waals surface area contributed by atoms with Gasteiger partial charge >= 0.3 is 6.18 Å². The van der Waals surface area contributed by atoms with E-state index < -0.39 is 33.2 Å². The topological polar surface area (TPSA) is 70.0 Å². The molecule has 1 unspecified atom stereocenters. The number of benzene rings is 2. The van der Waals surface area contributed by atoms with Crippen molar-refractivity contribution in [3.8, 4) is 0 Å². The van der Waals surface area contributed by atoms with Crippen molar-refractivity contribution in [2.75, 3.05) is 0 Å². The van der Waals surface area contributed by atoms with E-state index in [1.54, 1.807) is 19.1 Å². The summed E-state index contributed by atoms with van der Waals surface area (Å²) in [6, 6.07) is 11.4. The van der Waals surface area contributed by atoms with E-state index >= 15 is 0 Å². The molecular weight excluding hydrogens is 449 g/mol. The number of sulfonamides is 1. The van der Waals surface area contributed by atoms with Crippen LogP contribution in [0.5, 0.6) is 0 Å². The van der Waals surface area contributed by atoms with Crippen LogP contribution in [0.25, 0.3) is 0 Å². The fraction of sp³-hybridized carbons (Fsp3) is 0.235. The van der Waals surface area contributed by atoms with Crippen LogP contribution in [0.4, 0.5) is 13.2 Å². The summed E-state index contributed by atoms with van der Waals surface area (Å²) in [5.41, 5.74) is -2.83. The molecule has 0 aliphatic carbocycles. The molecule has 1 atom stereocenters. The number of hydrogen-bond donors (Lipinski definition) is 1. The predicted octanol–water partition coefficient (Wildman–Crippen LogP) is 3.81. The van der Waals surface area contributed by atoms with Crippen molar-refractivity contribution in [3.63, 3.8) is 0 Å². The highest BCUT2D eigenvalue weighted by molar-refractivity contribution is 9.10. The summed E-state index contributed by atoms with van der Waals surface area (Å²) >= 11 is 3.21. The minimum atomic E-state index is -5.24. The van der Waals surface area contributed by atoms with E-state index in [0.29, 0.717) is 4.47 Å². The maximum Gasteiger partial charge on any atom is 0.439 e. The van der Waals surface area contributed by atoms with Gasteiger partial charge in [-0.1, -0.05) is 45.8 Å². The Morgan fingerprint density at radius 3 is 2.19 bits per heavy atom. The molecule has 1 N–H and O–H groups in total. The molecule has 0 fully saturated rings. The number of hydrazone groups is 1. The molecule has 0 radical (unpaired) electrons. The zero-order valence-corrected chi connectivity index (χ0v) is 16.3. The first kappa shape index (κ1) is 19.8. The van der Waals surface area contributed by atoms with Crippen molar-refractivity contribution in [2.45, 2.75) is 30.1 Å². The molecule has 3 rings (SSSR count). The first-order chi connectivity index (χ1) is 12.4. The van der Waals surface area contributed by atoms with E-state index in [2.05, 4.69) is 21.0 Å². The Bertz CT molecular complexity index is 990. The first-order valence-electron chi connectivity index (χ1n) is 7.70. The monoisotopic (exact) mass is 462 g/mol. The normalized spacial score (nSPS) is 20.7. The van der Waals surface area contributed by atoms with Gasteiger partial charge in [0, 0.05) is 4.47 Å². The molecule has 1 aliphatic rings. The lowest BCUT2D eigenvalue weighted by atomic mass is 10.0. The van der Waals surface area contributed by atoms with Crippen molar-refractivity contribution < 1.29 is 26.7 Å². The van der Waals surface area contributed by atoms with Crippen LogP contribution in [0.2, 0.25) is 0 Å². The summed E-state index contributed by atoms with van der Waals surface area (Å²) in [5, 5.41) is 14.0. The molecular formula is C17H14BrF3N2O3S. The summed E-state index contributed by atoms with van der Waals surface area (Å²) in [6.07, 6.45) is -6.26. The lowest BCUT2D eigenvalue weighted by Gasteiger charge is -2.33. The van der Waals surface area contributed by atoms with Crippen LogP contribution in [0.1, 0.15) is 17.5 Å². The van der Waals surface area contributed by atoms with Gasteiger partial charge in [0.1, 0.15) is 0 Å². The van der Waals surface area contributed by atoms with Gasteiger partial charge in [-0.05, 0) is 36.8 Å². The summed E-state index contributed by atoms with van der Waals surface area (Å²) in [7, 11) is -4.73. The molecule has 0 amide bonds. The third-order valence-electron chi connectivity index (χ3n) is 4.12. The van der Waals surface area contributed by atoms with Crippen molar-refractivity contribution in [1.29, 1.82) is 0 Å². The second-order valence-corrected chi connectivity index (χ2v) is 8.79. The summed E-state index contributed by atoms with van der Waals surface area (Å²) < 4.78 is 66.9. The second-order valence-electron chi connectivity index (χ2n) is 6.11. The van der Waals surface area contributed by atoms with Gasteiger partial charge in [-0.3, -0.25) is 0 Å². The fourth-order valence-electron chi connectivity index (χ4n) is 2.60. The third kappa shape index (κ3) is 3.48. The number of nitrogens with zero attached hydrogens (tertiary/aromatic N) is 2. The predicted molar refractivity (Wildman–Crippen MR) is 96.5 cm³/mol. The number of hydrogen-bond acceptors (Lipinski definition) is 4. The lowest BCUT2D eigenvalue weighted by Crippen LogP contribution is -2.56. The SMILES string of the molecule is Cc1ccc(S(=O)(=O)N2N=C(c3ccc(Br)cc3)CC2(O)C(F)(F)F)cc1. The second kappa shape index (κ2) is 6.61. The van der Waals surface area contributed by atoms with Gasteiger partial charge < -0.3 is 5.11 Å². The van der Waals surface area contributed by atoms with Crippen LogP contribution in [-0.2, 0) is 10.0 Å².